The van der Waals surface area contributed by atoms with E-state index in [4.69, 9.17) is 9.47 Å². The molecule has 0 saturated carbocycles. The van der Waals surface area contributed by atoms with E-state index in [9.17, 15) is 13.2 Å². The largest absolute Gasteiger partial charge is 0.493 e. The van der Waals surface area contributed by atoms with Crippen LogP contribution in [-0.2, 0) is 33.1 Å². The summed E-state index contributed by atoms with van der Waals surface area (Å²) in [7, 11) is 1.87. The van der Waals surface area contributed by atoms with E-state index in [1.54, 1.807) is 37.1 Å². The van der Waals surface area contributed by atoms with Gasteiger partial charge in [-0.2, -0.15) is 9.40 Å². The Balaban J connectivity index is 2.55. The van der Waals surface area contributed by atoms with Crippen molar-refractivity contribution < 1.29 is 27.4 Å². The van der Waals surface area contributed by atoms with Gasteiger partial charge >= 0.3 is 5.97 Å². The second-order valence-electron chi connectivity index (χ2n) is 6.06. The molecule has 1 aromatic heterocycles. The van der Waals surface area contributed by atoms with Crippen LogP contribution in [0.1, 0.15) is 18.1 Å². The van der Waals surface area contributed by atoms with Crippen molar-refractivity contribution >= 4 is 22.1 Å². The third-order valence-corrected chi connectivity index (χ3v) is 6.09. The smallest absolute Gasteiger partial charge is 0.330 e. The number of benzene rings is 1. The monoisotopic (exact) mass is 423 g/mol. The van der Waals surface area contributed by atoms with Crippen LogP contribution in [-0.4, -0.2) is 56.3 Å². The fourth-order valence-electron chi connectivity index (χ4n) is 2.73. The summed E-state index contributed by atoms with van der Waals surface area (Å²) in [6.45, 7) is 2.14. The van der Waals surface area contributed by atoms with Gasteiger partial charge in [-0.1, -0.05) is 6.92 Å². The van der Waals surface area contributed by atoms with Gasteiger partial charge in [-0.05, 0) is 23.8 Å². The lowest BCUT2D eigenvalue weighted by molar-refractivity contribution is -0.134. The van der Waals surface area contributed by atoms with Crippen molar-refractivity contribution in [2.75, 3.05) is 27.9 Å². The zero-order valence-electron chi connectivity index (χ0n) is 17.1. The molecule has 2 aromatic rings. The summed E-state index contributed by atoms with van der Waals surface area (Å²) in [5.41, 5.74) is 1.20. The Bertz CT molecular complexity index is 997. The first-order valence-corrected chi connectivity index (χ1v) is 10.2. The molecule has 0 radical (unpaired) electrons. The highest BCUT2D eigenvalue weighted by Crippen LogP contribution is 2.37. The second kappa shape index (κ2) is 9.57. The highest BCUT2D eigenvalue weighted by molar-refractivity contribution is 7.89. The number of carbonyl (C=O) groups excluding carboxylic acids is 1. The molecule has 9 nitrogen and oxygen atoms in total. The van der Waals surface area contributed by atoms with Crippen LogP contribution in [0, 0.1) is 0 Å². The first kappa shape index (κ1) is 22.4. The molecule has 0 atom stereocenters. The molecule has 2 rings (SSSR count). The second-order valence-corrected chi connectivity index (χ2v) is 7.97. The fourth-order valence-corrected chi connectivity index (χ4v) is 4.37. The summed E-state index contributed by atoms with van der Waals surface area (Å²) in [6, 6.07) is 3.01. The van der Waals surface area contributed by atoms with Gasteiger partial charge in [-0.3, -0.25) is 4.68 Å². The zero-order chi connectivity index (χ0) is 21.6. The van der Waals surface area contributed by atoms with Crippen LogP contribution in [0.25, 0.3) is 6.08 Å². The summed E-state index contributed by atoms with van der Waals surface area (Å²) < 4.78 is 45.0. The number of aryl methyl sites for hydroxylation is 1. The quantitative estimate of drug-likeness (QED) is 0.448. The summed E-state index contributed by atoms with van der Waals surface area (Å²) in [5.74, 6) is -0.237. The predicted molar refractivity (Wildman–Crippen MR) is 107 cm³/mol. The number of rotatable bonds is 9. The molecule has 1 aromatic carbocycles. The van der Waals surface area contributed by atoms with Crippen molar-refractivity contribution in [1.29, 1.82) is 0 Å². The highest BCUT2D eigenvalue weighted by Gasteiger charge is 2.29. The van der Waals surface area contributed by atoms with Crippen LogP contribution in [0.15, 0.2) is 35.5 Å². The SMILES string of the molecule is CCN(Cc1cnn(C)c1)S(=O)(=O)c1cc(/C=C/C(=O)OC)cc(OC)c1OC. The summed E-state index contributed by atoms with van der Waals surface area (Å²) in [6.07, 6.45) is 6.02. The summed E-state index contributed by atoms with van der Waals surface area (Å²) in [5, 5.41) is 4.08. The maximum absolute atomic E-state index is 13.4. The van der Waals surface area contributed by atoms with Crippen molar-refractivity contribution in [2.24, 2.45) is 7.05 Å². The van der Waals surface area contributed by atoms with Crippen LogP contribution in [0.5, 0.6) is 11.5 Å². The molecule has 0 unspecified atom stereocenters. The molecule has 158 valence electrons. The third kappa shape index (κ3) is 5.15. The molecule has 10 heteroatoms. The van der Waals surface area contributed by atoms with E-state index >= 15 is 0 Å². The first-order valence-electron chi connectivity index (χ1n) is 8.76. The molecule has 0 spiro atoms. The van der Waals surface area contributed by atoms with Crippen molar-refractivity contribution in [3.63, 3.8) is 0 Å². The number of methoxy groups -OCH3 is 3. The minimum Gasteiger partial charge on any atom is -0.493 e. The fraction of sp³-hybridized carbons (Fsp3) is 0.368. The van der Waals surface area contributed by atoms with Gasteiger partial charge in [0.1, 0.15) is 4.90 Å². The number of hydrogen-bond acceptors (Lipinski definition) is 7. The van der Waals surface area contributed by atoms with E-state index < -0.39 is 16.0 Å². The highest BCUT2D eigenvalue weighted by atomic mass is 32.2. The van der Waals surface area contributed by atoms with Crippen molar-refractivity contribution in [3.8, 4) is 11.5 Å². The van der Waals surface area contributed by atoms with Gasteiger partial charge in [0.2, 0.25) is 10.0 Å². The molecule has 0 bridgehead atoms. The lowest BCUT2D eigenvalue weighted by atomic mass is 10.2. The van der Waals surface area contributed by atoms with Crippen LogP contribution in [0.4, 0.5) is 0 Å². The molecule has 0 aliphatic heterocycles. The molecule has 1 heterocycles. The van der Waals surface area contributed by atoms with E-state index in [1.807, 2.05) is 0 Å². The number of carbonyl (C=O) groups is 1. The molecule has 29 heavy (non-hydrogen) atoms. The average molecular weight is 423 g/mol. The van der Waals surface area contributed by atoms with E-state index in [1.165, 1.54) is 43.9 Å². The van der Waals surface area contributed by atoms with Crippen LogP contribution in [0.3, 0.4) is 0 Å². The van der Waals surface area contributed by atoms with Crippen molar-refractivity contribution in [1.82, 2.24) is 14.1 Å². The molecular weight excluding hydrogens is 398 g/mol. The zero-order valence-corrected chi connectivity index (χ0v) is 17.9. The molecule has 0 saturated heterocycles. The Labute approximate surface area is 170 Å². The van der Waals surface area contributed by atoms with E-state index in [2.05, 4.69) is 9.84 Å². The Morgan fingerprint density at radius 1 is 1.24 bits per heavy atom. The third-order valence-electron chi connectivity index (χ3n) is 4.17. The average Bonchev–Trinajstić information content (AvgIpc) is 3.13. The number of esters is 1. The van der Waals surface area contributed by atoms with Gasteiger partial charge in [0, 0.05) is 38.0 Å². The molecule has 0 amide bonds. The predicted octanol–water partition coefficient (Wildman–Crippen LogP) is 1.83. The summed E-state index contributed by atoms with van der Waals surface area (Å²) in [4.78, 5) is 11.3. The Morgan fingerprint density at radius 2 is 1.97 bits per heavy atom. The Morgan fingerprint density at radius 3 is 2.48 bits per heavy atom. The van der Waals surface area contributed by atoms with E-state index in [0.29, 0.717) is 5.56 Å². The van der Waals surface area contributed by atoms with E-state index in [0.717, 1.165) is 5.56 Å². The number of sulfonamides is 1. The maximum atomic E-state index is 13.4. The molecule has 0 fully saturated rings. The number of hydrogen-bond donors (Lipinski definition) is 0. The van der Waals surface area contributed by atoms with Gasteiger partial charge in [0.05, 0.1) is 27.5 Å². The first-order chi connectivity index (χ1) is 13.8. The minimum absolute atomic E-state index is 0.0605. The van der Waals surface area contributed by atoms with Crippen LogP contribution < -0.4 is 9.47 Å². The topological polar surface area (TPSA) is 100.0 Å². The van der Waals surface area contributed by atoms with E-state index in [-0.39, 0.29) is 29.5 Å². The van der Waals surface area contributed by atoms with Crippen LogP contribution >= 0.6 is 0 Å². The number of aromatic nitrogens is 2. The number of nitrogens with zero attached hydrogens (tertiary/aromatic N) is 3. The Hall–Kier alpha value is -2.85. The lowest BCUT2D eigenvalue weighted by Crippen LogP contribution is -2.30. The van der Waals surface area contributed by atoms with Gasteiger partial charge in [0.15, 0.2) is 11.5 Å². The van der Waals surface area contributed by atoms with Crippen molar-refractivity contribution in [3.05, 3.63) is 41.7 Å². The standard InChI is InChI=1S/C19H25N3O6S/c1-6-22(13-15-11-20-21(2)12-15)29(24,25)17-10-14(7-8-18(23)27-4)9-16(26-3)19(17)28-5/h7-12H,6,13H2,1-5H3/b8-7+. The molecule has 0 N–H and O–H groups in total. The molecule has 0 aliphatic carbocycles. The van der Waals surface area contributed by atoms with Gasteiger partial charge in [0.25, 0.3) is 0 Å². The maximum Gasteiger partial charge on any atom is 0.330 e. The molecular formula is C19H25N3O6S. The summed E-state index contributed by atoms with van der Waals surface area (Å²) >= 11 is 0. The van der Waals surface area contributed by atoms with Crippen molar-refractivity contribution in [2.45, 2.75) is 18.4 Å². The normalized spacial score (nSPS) is 11.8. The Kier molecular flexibility index (Phi) is 7.40. The number of ether oxygens (including phenoxy) is 3. The van der Waals surface area contributed by atoms with Gasteiger partial charge in [-0.15, -0.1) is 0 Å². The lowest BCUT2D eigenvalue weighted by Gasteiger charge is -2.22. The minimum atomic E-state index is -3.94. The van der Waals surface area contributed by atoms with Gasteiger partial charge in [-0.25, -0.2) is 13.2 Å². The van der Waals surface area contributed by atoms with Gasteiger partial charge < -0.3 is 14.2 Å². The molecule has 0 aliphatic rings. The van der Waals surface area contributed by atoms with Crippen LogP contribution in [0.2, 0.25) is 0 Å².